The molecule has 112 valence electrons. The van der Waals surface area contributed by atoms with Crippen LogP contribution < -0.4 is 5.32 Å². The summed E-state index contributed by atoms with van der Waals surface area (Å²) in [6, 6.07) is 1.98. The van der Waals surface area contributed by atoms with Crippen molar-refractivity contribution in [1.82, 2.24) is 24.6 Å². The molecule has 6 heteroatoms. The lowest BCUT2D eigenvalue weighted by molar-refractivity contribution is -0.122. The highest BCUT2D eigenvalue weighted by atomic mass is 16.1. The molecule has 0 aromatic carbocycles. The quantitative estimate of drug-likeness (QED) is 0.877. The van der Waals surface area contributed by atoms with Crippen LogP contribution in [0.1, 0.15) is 36.8 Å². The van der Waals surface area contributed by atoms with E-state index >= 15 is 0 Å². The van der Waals surface area contributed by atoms with Crippen LogP contribution >= 0.6 is 0 Å². The molecule has 6 nitrogen and oxygen atoms in total. The molecular formula is C15H21N5O. The van der Waals surface area contributed by atoms with Crippen molar-refractivity contribution >= 4 is 5.91 Å². The van der Waals surface area contributed by atoms with Gasteiger partial charge in [-0.1, -0.05) is 0 Å². The van der Waals surface area contributed by atoms with Crippen LogP contribution in [0.5, 0.6) is 0 Å². The summed E-state index contributed by atoms with van der Waals surface area (Å²) in [5.74, 6) is 1.53. The molecule has 1 amide bonds. The van der Waals surface area contributed by atoms with Crippen LogP contribution in [-0.4, -0.2) is 25.2 Å². The van der Waals surface area contributed by atoms with Gasteiger partial charge in [-0.3, -0.25) is 9.48 Å². The zero-order valence-electron chi connectivity index (χ0n) is 12.5. The standard InChI is InChI=1S/C15H21N5O/c1-11-5-7-17-20(11)9-6-13(21)18-14(12-3-4-12)15-16-8-10-19(15)2/h5,7-8,10,12,14H,3-4,6,9H2,1-2H3,(H,18,21)/t14-/m0/s1. The Morgan fingerprint density at radius 2 is 2.29 bits per heavy atom. The van der Waals surface area contributed by atoms with Crippen LogP contribution in [0.4, 0.5) is 0 Å². The van der Waals surface area contributed by atoms with Gasteiger partial charge < -0.3 is 9.88 Å². The predicted octanol–water partition coefficient (Wildman–Crippen LogP) is 1.58. The van der Waals surface area contributed by atoms with Gasteiger partial charge in [0.25, 0.3) is 0 Å². The molecule has 2 aromatic rings. The Morgan fingerprint density at radius 1 is 1.48 bits per heavy atom. The molecule has 1 aliphatic rings. The van der Waals surface area contributed by atoms with Crippen LogP contribution in [0, 0.1) is 12.8 Å². The van der Waals surface area contributed by atoms with Gasteiger partial charge in [0, 0.05) is 44.3 Å². The van der Waals surface area contributed by atoms with Crippen molar-refractivity contribution in [3.8, 4) is 0 Å². The lowest BCUT2D eigenvalue weighted by Gasteiger charge is -2.18. The molecule has 0 saturated heterocycles. The fourth-order valence-corrected chi connectivity index (χ4v) is 2.59. The Hall–Kier alpha value is -2.11. The van der Waals surface area contributed by atoms with Gasteiger partial charge >= 0.3 is 0 Å². The summed E-state index contributed by atoms with van der Waals surface area (Å²) in [5.41, 5.74) is 1.07. The van der Waals surface area contributed by atoms with E-state index in [9.17, 15) is 4.79 Å². The van der Waals surface area contributed by atoms with E-state index in [1.54, 1.807) is 12.4 Å². The first-order valence-corrected chi connectivity index (χ1v) is 7.40. The van der Waals surface area contributed by atoms with E-state index in [1.165, 1.54) is 0 Å². The van der Waals surface area contributed by atoms with Gasteiger partial charge in [0.15, 0.2) is 0 Å². The average molecular weight is 287 g/mol. The maximum atomic E-state index is 12.2. The van der Waals surface area contributed by atoms with E-state index in [1.807, 2.05) is 35.5 Å². The van der Waals surface area contributed by atoms with Gasteiger partial charge in [-0.25, -0.2) is 4.98 Å². The van der Waals surface area contributed by atoms with Gasteiger partial charge in [0.1, 0.15) is 5.82 Å². The van der Waals surface area contributed by atoms with E-state index in [2.05, 4.69) is 15.4 Å². The van der Waals surface area contributed by atoms with Crippen molar-refractivity contribution in [3.63, 3.8) is 0 Å². The zero-order valence-corrected chi connectivity index (χ0v) is 12.5. The predicted molar refractivity (Wildman–Crippen MR) is 78.4 cm³/mol. The molecule has 0 spiro atoms. The van der Waals surface area contributed by atoms with Crippen LogP contribution in [0.3, 0.4) is 0 Å². The van der Waals surface area contributed by atoms with Crippen molar-refractivity contribution in [1.29, 1.82) is 0 Å². The molecule has 0 bridgehead atoms. The van der Waals surface area contributed by atoms with E-state index < -0.39 is 0 Å². The summed E-state index contributed by atoms with van der Waals surface area (Å²) in [7, 11) is 1.97. The number of amides is 1. The first-order valence-electron chi connectivity index (χ1n) is 7.40. The molecule has 1 atom stereocenters. The third-order valence-electron chi connectivity index (χ3n) is 4.03. The second-order valence-electron chi connectivity index (χ2n) is 5.72. The molecule has 2 aromatic heterocycles. The third-order valence-corrected chi connectivity index (χ3v) is 4.03. The lowest BCUT2D eigenvalue weighted by atomic mass is 10.1. The number of aromatic nitrogens is 4. The maximum absolute atomic E-state index is 12.2. The van der Waals surface area contributed by atoms with E-state index in [0.717, 1.165) is 24.4 Å². The Balaban J connectivity index is 1.60. The summed E-state index contributed by atoms with van der Waals surface area (Å²) < 4.78 is 3.84. The third kappa shape index (κ3) is 3.15. The smallest absolute Gasteiger partial charge is 0.222 e. The van der Waals surface area contributed by atoms with Crippen molar-refractivity contribution in [2.45, 2.75) is 38.8 Å². The number of carbonyl (C=O) groups excluding carboxylic acids is 1. The lowest BCUT2D eigenvalue weighted by Crippen LogP contribution is -2.32. The summed E-state index contributed by atoms with van der Waals surface area (Å²) in [5, 5.41) is 7.34. The Labute approximate surface area is 124 Å². The SMILES string of the molecule is Cc1ccnn1CCC(=O)N[C@H](c1nccn1C)C1CC1. The molecule has 1 aliphatic carbocycles. The minimum atomic E-state index is 0.0382. The van der Waals surface area contributed by atoms with Gasteiger partial charge in [0.05, 0.1) is 6.04 Å². The van der Waals surface area contributed by atoms with Crippen molar-refractivity contribution in [2.75, 3.05) is 0 Å². The summed E-state index contributed by atoms with van der Waals surface area (Å²) >= 11 is 0. The second-order valence-corrected chi connectivity index (χ2v) is 5.72. The van der Waals surface area contributed by atoms with Crippen LogP contribution in [0.15, 0.2) is 24.7 Å². The molecular weight excluding hydrogens is 266 g/mol. The number of nitrogens with zero attached hydrogens (tertiary/aromatic N) is 4. The highest BCUT2D eigenvalue weighted by Crippen LogP contribution is 2.40. The maximum Gasteiger partial charge on any atom is 0.222 e. The topological polar surface area (TPSA) is 64.7 Å². The minimum Gasteiger partial charge on any atom is -0.346 e. The molecule has 0 aliphatic heterocycles. The van der Waals surface area contributed by atoms with Crippen LogP contribution in [0.25, 0.3) is 0 Å². The first-order chi connectivity index (χ1) is 10.1. The van der Waals surface area contributed by atoms with Crippen molar-refractivity contribution in [3.05, 3.63) is 36.2 Å². The molecule has 1 saturated carbocycles. The Bertz CT molecular complexity index is 626. The van der Waals surface area contributed by atoms with Crippen molar-refractivity contribution < 1.29 is 4.79 Å². The van der Waals surface area contributed by atoms with Gasteiger partial charge in [-0.05, 0) is 31.7 Å². The number of aryl methyl sites for hydroxylation is 3. The number of carbonyl (C=O) groups is 1. The van der Waals surface area contributed by atoms with Crippen molar-refractivity contribution in [2.24, 2.45) is 13.0 Å². The van der Waals surface area contributed by atoms with Crippen LogP contribution in [0.2, 0.25) is 0 Å². The number of imidazole rings is 1. The first kappa shape index (κ1) is 13.9. The highest BCUT2D eigenvalue weighted by Gasteiger charge is 2.35. The largest absolute Gasteiger partial charge is 0.346 e. The fourth-order valence-electron chi connectivity index (χ4n) is 2.59. The van der Waals surface area contributed by atoms with E-state index in [-0.39, 0.29) is 11.9 Å². The van der Waals surface area contributed by atoms with E-state index in [4.69, 9.17) is 0 Å². The number of rotatable bonds is 6. The molecule has 3 rings (SSSR count). The zero-order chi connectivity index (χ0) is 14.8. The fraction of sp³-hybridized carbons (Fsp3) is 0.533. The number of hydrogen-bond acceptors (Lipinski definition) is 3. The van der Waals surface area contributed by atoms with Gasteiger partial charge in [-0.15, -0.1) is 0 Å². The summed E-state index contributed by atoms with van der Waals surface area (Å²) in [4.78, 5) is 16.6. The molecule has 1 N–H and O–H groups in total. The molecule has 2 heterocycles. The monoisotopic (exact) mass is 287 g/mol. The van der Waals surface area contributed by atoms with E-state index in [0.29, 0.717) is 18.9 Å². The summed E-state index contributed by atoms with van der Waals surface area (Å²) in [6.07, 6.45) is 8.23. The minimum absolute atomic E-state index is 0.0382. The highest BCUT2D eigenvalue weighted by molar-refractivity contribution is 5.76. The van der Waals surface area contributed by atoms with Gasteiger partial charge in [-0.2, -0.15) is 5.10 Å². The number of nitrogens with one attached hydrogen (secondary N) is 1. The van der Waals surface area contributed by atoms with Gasteiger partial charge in [0.2, 0.25) is 5.91 Å². The molecule has 0 radical (unpaired) electrons. The Morgan fingerprint density at radius 3 is 2.86 bits per heavy atom. The summed E-state index contributed by atoms with van der Waals surface area (Å²) in [6.45, 7) is 2.61. The second kappa shape index (κ2) is 5.71. The van der Waals surface area contributed by atoms with Crippen LogP contribution in [-0.2, 0) is 18.4 Å². The molecule has 1 fully saturated rings. The average Bonchev–Trinajstić information content (AvgIpc) is 3.09. The molecule has 21 heavy (non-hydrogen) atoms. The molecule has 0 unspecified atom stereocenters. The number of hydrogen-bond donors (Lipinski definition) is 1. The normalized spacial score (nSPS) is 15.9. The Kier molecular flexibility index (Phi) is 3.77.